The summed E-state index contributed by atoms with van der Waals surface area (Å²) in [7, 11) is 0. The predicted octanol–water partition coefficient (Wildman–Crippen LogP) is 2.59. The SMILES string of the molecule is CC1NNC(C)C1/C=C/c1cc(C(=O)O)c2ccc(F)cc2n1. The maximum absolute atomic E-state index is 13.4. The van der Waals surface area contributed by atoms with Crippen molar-refractivity contribution in [2.45, 2.75) is 25.9 Å². The van der Waals surface area contributed by atoms with Crippen molar-refractivity contribution in [3.05, 3.63) is 47.4 Å². The molecule has 2 aromatic rings. The molecule has 1 saturated heterocycles. The van der Waals surface area contributed by atoms with Crippen LogP contribution in [0.4, 0.5) is 4.39 Å². The van der Waals surface area contributed by atoms with Crippen molar-refractivity contribution in [3.63, 3.8) is 0 Å². The lowest BCUT2D eigenvalue weighted by molar-refractivity contribution is 0.0699. The van der Waals surface area contributed by atoms with Gasteiger partial charge in [0.25, 0.3) is 0 Å². The number of benzene rings is 1. The number of rotatable bonds is 3. The predicted molar refractivity (Wildman–Crippen MR) is 86.4 cm³/mol. The Morgan fingerprint density at radius 1 is 1.26 bits per heavy atom. The zero-order valence-corrected chi connectivity index (χ0v) is 12.9. The van der Waals surface area contributed by atoms with Gasteiger partial charge in [-0.15, -0.1) is 0 Å². The number of hydrogen-bond donors (Lipinski definition) is 3. The first-order valence-corrected chi connectivity index (χ1v) is 7.48. The summed E-state index contributed by atoms with van der Waals surface area (Å²) < 4.78 is 13.4. The number of carboxylic acids is 1. The van der Waals surface area contributed by atoms with E-state index < -0.39 is 11.8 Å². The highest BCUT2D eigenvalue weighted by Crippen LogP contribution is 2.22. The lowest BCUT2D eigenvalue weighted by Crippen LogP contribution is -2.30. The number of hydrazine groups is 1. The number of aromatic carboxylic acids is 1. The number of carboxylic acid groups (broad SMARTS) is 1. The van der Waals surface area contributed by atoms with E-state index >= 15 is 0 Å². The second kappa shape index (κ2) is 6.06. The van der Waals surface area contributed by atoms with Gasteiger partial charge in [-0.25, -0.2) is 14.2 Å². The number of nitrogens with one attached hydrogen (secondary N) is 2. The molecule has 0 radical (unpaired) electrons. The van der Waals surface area contributed by atoms with Gasteiger partial charge >= 0.3 is 5.97 Å². The molecule has 0 spiro atoms. The fourth-order valence-electron chi connectivity index (χ4n) is 2.92. The van der Waals surface area contributed by atoms with E-state index in [0.717, 1.165) is 0 Å². The maximum atomic E-state index is 13.4. The number of fused-ring (bicyclic) bond motifs is 1. The smallest absolute Gasteiger partial charge is 0.336 e. The molecule has 0 saturated carbocycles. The first-order chi connectivity index (χ1) is 11.0. The molecule has 2 heterocycles. The number of hydrogen-bond acceptors (Lipinski definition) is 4. The molecule has 1 aromatic heterocycles. The average molecular weight is 315 g/mol. The molecule has 120 valence electrons. The molecule has 23 heavy (non-hydrogen) atoms. The minimum atomic E-state index is -1.05. The van der Waals surface area contributed by atoms with E-state index in [-0.39, 0.29) is 23.6 Å². The van der Waals surface area contributed by atoms with Crippen molar-refractivity contribution >= 4 is 22.9 Å². The zero-order valence-electron chi connectivity index (χ0n) is 12.9. The van der Waals surface area contributed by atoms with Gasteiger partial charge < -0.3 is 5.11 Å². The van der Waals surface area contributed by atoms with E-state index in [0.29, 0.717) is 16.6 Å². The van der Waals surface area contributed by atoms with Gasteiger partial charge in [0, 0.05) is 29.5 Å². The van der Waals surface area contributed by atoms with Gasteiger partial charge in [0.1, 0.15) is 5.82 Å². The Balaban J connectivity index is 2.02. The van der Waals surface area contributed by atoms with Crippen LogP contribution in [0.5, 0.6) is 0 Å². The van der Waals surface area contributed by atoms with E-state index in [4.69, 9.17) is 0 Å². The molecule has 1 aromatic carbocycles. The lowest BCUT2D eigenvalue weighted by Gasteiger charge is -2.12. The van der Waals surface area contributed by atoms with Crippen molar-refractivity contribution in [1.29, 1.82) is 0 Å². The summed E-state index contributed by atoms with van der Waals surface area (Å²) >= 11 is 0. The van der Waals surface area contributed by atoms with Gasteiger partial charge in [0.2, 0.25) is 0 Å². The number of pyridine rings is 1. The van der Waals surface area contributed by atoms with Gasteiger partial charge in [0.05, 0.1) is 16.8 Å². The third-order valence-electron chi connectivity index (χ3n) is 4.20. The van der Waals surface area contributed by atoms with Crippen molar-refractivity contribution < 1.29 is 14.3 Å². The molecule has 1 aliphatic rings. The van der Waals surface area contributed by atoms with Crippen LogP contribution < -0.4 is 10.9 Å². The number of halogens is 1. The van der Waals surface area contributed by atoms with Gasteiger partial charge in [0.15, 0.2) is 0 Å². The minimum Gasteiger partial charge on any atom is -0.478 e. The first kappa shape index (κ1) is 15.6. The van der Waals surface area contributed by atoms with E-state index in [1.807, 2.05) is 6.08 Å². The second-order valence-corrected chi connectivity index (χ2v) is 5.86. The molecule has 2 unspecified atom stereocenters. The molecule has 0 bridgehead atoms. The number of carbonyl (C=O) groups is 1. The van der Waals surface area contributed by atoms with Gasteiger partial charge in [-0.1, -0.05) is 6.08 Å². The molecule has 0 aliphatic carbocycles. The summed E-state index contributed by atoms with van der Waals surface area (Å²) in [5.41, 5.74) is 7.28. The van der Waals surface area contributed by atoms with Crippen LogP contribution in [-0.2, 0) is 0 Å². The Kier molecular flexibility index (Phi) is 4.11. The topological polar surface area (TPSA) is 74.2 Å². The average Bonchev–Trinajstić information content (AvgIpc) is 2.82. The molecular formula is C17H18FN3O2. The van der Waals surface area contributed by atoms with Crippen LogP contribution >= 0.6 is 0 Å². The van der Waals surface area contributed by atoms with Crippen LogP contribution in [0.3, 0.4) is 0 Å². The summed E-state index contributed by atoms with van der Waals surface area (Å²) in [6.45, 7) is 4.13. The van der Waals surface area contributed by atoms with Gasteiger partial charge in [-0.3, -0.25) is 10.9 Å². The Labute approximate surface area is 133 Å². The highest BCUT2D eigenvalue weighted by atomic mass is 19.1. The molecule has 0 amide bonds. The Bertz CT molecular complexity index is 781. The highest BCUT2D eigenvalue weighted by molar-refractivity contribution is 6.03. The van der Waals surface area contributed by atoms with Crippen molar-refractivity contribution in [3.8, 4) is 0 Å². The van der Waals surface area contributed by atoms with E-state index in [1.54, 1.807) is 6.08 Å². The van der Waals surface area contributed by atoms with Gasteiger partial charge in [-0.05, 0) is 38.1 Å². The van der Waals surface area contributed by atoms with Crippen LogP contribution in [0, 0.1) is 11.7 Å². The van der Waals surface area contributed by atoms with Crippen molar-refractivity contribution in [2.75, 3.05) is 0 Å². The van der Waals surface area contributed by atoms with Gasteiger partial charge in [-0.2, -0.15) is 0 Å². The zero-order chi connectivity index (χ0) is 16.6. The Hall–Kier alpha value is -2.31. The fourth-order valence-corrected chi connectivity index (χ4v) is 2.92. The normalized spacial score (nSPS) is 24.6. The largest absolute Gasteiger partial charge is 0.478 e. The monoisotopic (exact) mass is 315 g/mol. The standard InChI is InChI=1S/C17H18FN3O2/c1-9-13(10(2)21-20-9)6-4-12-8-15(17(22)23)14-5-3-11(18)7-16(14)19-12/h3-10,13,20-21H,1-2H3,(H,22,23)/b6-4+. The van der Waals surface area contributed by atoms with E-state index in [9.17, 15) is 14.3 Å². The Morgan fingerprint density at radius 3 is 2.61 bits per heavy atom. The summed E-state index contributed by atoms with van der Waals surface area (Å²) in [6.07, 6.45) is 3.80. The molecule has 6 heteroatoms. The first-order valence-electron chi connectivity index (χ1n) is 7.48. The highest BCUT2D eigenvalue weighted by Gasteiger charge is 2.27. The number of nitrogens with zero attached hydrogens (tertiary/aromatic N) is 1. The summed E-state index contributed by atoms with van der Waals surface area (Å²) in [4.78, 5) is 15.8. The lowest BCUT2D eigenvalue weighted by atomic mass is 9.96. The summed E-state index contributed by atoms with van der Waals surface area (Å²) in [5.74, 6) is -1.23. The molecule has 2 atom stereocenters. The maximum Gasteiger partial charge on any atom is 0.336 e. The summed E-state index contributed by atoms with van der Waals surface area (Å²) in [5, 5.41) is 9.81. The van der Waals surface area contributed by atoms with Crippen LogP contribution in [0.1, 0.15) is 29.9 Å². The van der Waals surface area contributed by atoms with E-state index in [2.05, 4.69) is 29.7 Å². The van der Waals surface area contributed by atoms with Crippen LogP contribution in [0.2, 0.25) is 0 Å². The molecule has 5 nitrogen and oxygen atoms in total. The van der Waals surface area contributed by atoms with Crippen LogP contribution in [0.25, 0.3) is 17.0 Å². The van der Waals surface area contributed by atoms with E-state index in [1.165, 1.54) is 24.3 Å². The molecule has 1 aliphatic heterocycles. The Morgan fingerprint density at radius 2 is 1.96 bits per heavy atom. The summed E-state index contributed by atoms with van der Waals surface area (Å²) in [6, 6.07) is 5.98. The van der Waals surface area contributed by atoms with Crippen molar-refractivity contribution in [2.24, 2.45) is 5.92 Å². The van der Waals surface area contributed by atoms with Crippen LogP contribution in [0.15, 0.2) is 30.3 Å². The second-order valence-electron chi connectivity index (χ2n) is 5.86. The minimum absolute atomic E-state index is 0.124. The third kappa shape index (κ3) is 3.09. The third-order valence-corrected chi connectivity index (χ3v) is 4.20. The van der Waals surface area contributed by atoms with Crippen molar-refractivity contribution in [1.82, 2.24) is 15.8 Å². The number of aromatic nitrogens is 1. The molecule has 3 N–H and O–H groups in total. The quantitative estimate of drug-likeness (QED) is 0.812. The van der Waals surface area contributed by atoms with Crippen LogP contribution in [-0.4, -0.2) is 28.1 Å². The molecule has 3 rings (SSSR count). The molecule has 1 fully saturated rings. The fraction of sp³-hybridized carbons (Fsp3) is 0.294. The molecular weight excluding hydrogens is 297 g/mol.